The fourth-order valence-corrected chi connectivity index (χ4v) is 3.50. The van der Waals surface area contributed by atoms with Gasteiger partial charge in [0.25, 0.3) is 5.91 Å². The molecule has 2 aromatic carbocycles. The van der Waals surface area contributed by atoms with Gasteiger partial charge in [-0.25, -0.2) is 0 Å². The van der Waals surface area contributed by atoms with E-state index in [0.717, 1.165) is 27.5 Å². The standard InChI is InChI=1S/C25H26N2O3.2C2H6/c1-3-4-9-23-18(2)15-26-16-22(23)12-13-27(17-24(28)29)25(30)21-11-10-19-7-5-6-8-20(19)14-21;2*1-2/h3-11,14,16,26H,2,12-13,15,17H2,1H3,(H,28,29);2*1-2H3/b4-3-,23-9+;;. The summed E-state index contributed by atoms with van der Waals surface area (Å²) in [5.41, 5.74) is 3.49. The van der Waals surface area contributed by atoms with Crippen LogP contribution < -0.4 is 5.32 Å². The monoisotopic (exact) mass is 462 g/mol. The number of benzene rings is 2. The lowest BCUT2D eigenvalue weighted by Crippen LogP contribution is -2.37. The van der Waals surface area contributed by atoms with E-state index in [4.69, 9.17) is 0 Å². The number of hydrogen-bond donors (Lipinski definition) is 2. The summed E-state index contributed by atoms with van der Waals surface area (Å²) in [6.45, 7) is 14.7. The average Bonchev–Trinajstić information content (AvgIpc) is 2.87. The second-order valence-corrected chi connectivity index (χ2v) is 7.19. The maximum absolute atomic E-state index is 13.1. The number of aliphatic carboxylic acids is 1. The minimum absolute atomic E-state index is 0.287. The molecule has 182 valence electrons. The lowest BCUT2D eigenvalue weighted by atomic mass is 9.93. The molecule has 0 fully saturated rings. The van der Waals surface area contributed by atoms with Gasteiger partial charge < -0.3 is 15.3 Å². The van der Waals surface area contributed by atoms with Gasteiger partial charge in [-0.15, -0.1) is 0 Å². The number of fused-ring (bicyclic) bond motifs is 1. The smallest absolute Gasteiger partial charge is 0.323 e. The molecule has 1 aliphatic rings. The summed E-state index contributed by atoms with van der Waals surface area (Å²) >= 11 is 0. The molecule has 34 heavy (non-hydrogen) atoms. The minimum Gasteiger partial charge on any atom is -0.480 e. The van der Waals surface area contributed by atoms with Gasteiger partial charge in [-0.3, -0.25) is 9.59 Å². The molecule has 0 bridgehead atoms. The van der Waals surface area contributed by atoms with E-state index >= 15 is 0 Å². The Labute approximate surface area is 204 Å². The van der Waals surface area contributed by atoms with Crippen molar-refractivity contribution in [3.05, 3.63) is 95.8 Å². The van der Waals surface area contributed by atoms with Crippen molar-refractivity contribution in [3.8, 4) is 0 Å². The van der Waals surface area contributed by atoms with E-state index in [9.17, 15) is 14.7 Å². The molecule has 1 heterocycles. The highest BCUT2D eigenvalue weighted by molar-refractivity contribution is 5.99. The lowest BCUT2D eigenvalue weighted by Gasteiger charge is -2.25. The van der Waals surface area contributed by atoms with Crippen LogP contribution in [0.2, 0.25) is 0 Å². The highest BCUT2D eigenvalue weighted by atomic mass is 16.4. The Morgan fingerprint density at radius 1 is 1.09 bits per heavy atom. The Kier molecular flexibility index (Phi) is 12.8. The number of carboxylic acid groups (broad SMARTS) is 1. The summed E-state index contributed by atoms with van der Waals surface area (Å²) in [6.07, 6.45) is 8.35. The van der Waals surface area contributed by atoms with Crippen LogP contribution >= 0.6 is 0 Å². The molecule has 1 amide bonds. The molecule has 0 atom stereocenters. The number of hydrogen-bond acceptors (Lipinski definition) is 3. The summed E-state index contributed by atoms with van der Waals surface area (Å²) in [5.74, 6) is -1.32. The van der Waals surface area contributed by atoms with Gasteiger partial charge in [0.1, 0.15) is 6.54 Å². The van der Waals surface area contributed by atoms with Crippen LogP contribution in [0.5, 0.6) is 0 Å². The zero-order chi connectivity index (χ0) is 25.5. The summed E-state index contributed by atoms with van der Waals surface area (Å²) in [6, 6.07) is 13.2. The number of allylic oxidation sites excluding steroid dienone is 3. The largest absolute Gasteiger partial charge is 0.480 e. The van der Waals surface area contributed by atoms with Crippen LogP contribution in [0, 0.1) is 0 Å². The molecule has 5 nitrogen and oxygen atoms in total. The molecule has 0 spiro atoms. The third-order valence-electron chi connectivity index (χ3n) is 5.03. The quantitative estimate of drug-likeness (QED) is 0.503. The van der Waals surface area contributed by atoms with Crippen LogP contribution in [0.4, 0.5) is 0 Å². The van der Waals surface area contributed by atoms with E-state index in [2.05, 4.69) is 11.9 Å². The molecular formula is C29H38N2O3. The Morgan fingerprint density at radius 2 is 1.76 bits per heavy atom. The Hall–Kier alpha value is -3.60. The van der Waals surface area contributed by atoms with Gasteiger partial charge in [-0.05, 0) is 53.0 Å². The first kappa shape index (κ1) is 28.4. The molecular weight excluding hydrogens is 424 g/mol. The molecule has 2 N–H and O–H groups in total. The fraction of sp³-hybridized carbons (Fsp3) is 0.310. The molecule has 1 aliphatic heterocycles. The van der Waals surface area contributed by atoms with Crippen LogP contribution in [-0.4, -0.2) is 41.5 Å². The molecule has 0 aromatic heterocycles. The van der Waals surface area contributed by atoms with Crippen LogP contribution in [0.15, 0.2) is 90.2 Å². The predicted octanol–water partition coefficient (Wildman–Crippen LogP) is 6.35. The number of nitrogens with one attached hydrogen (secondary N) is 1. The van der Waals surface area contributed by atoms with Gasteiger partial charge in [-0.2, -0.15) is 0 Å². The highest BCUT2D eigenvalue weighted by Gasteiger charge is 2.21. The van der Waals surface area contributed by atoms with E-state index in [1.54, 1.807) is 6.07 Å². The van der Waals surface area contributed by atoms with Crippen molar-refractivity contribution < 1.29 is 14.7 Å². The van der Waals surface area contributed by atoms with Gasteiger partial charge in [-0.1, -0.05) is 82.8 Å². The van der Waals surface area contributed by atoms with E-state index in [1.165, 1.54) is 4.90 Å². The molecule has 0 unspecified atom stereocenters. The lowest BCUT2D eigenvalue weighted by molar-refractivity contribution is -0.137. The molecule has 0 saturated heterocycles. The van der Waals surface area contributed by atoms with Crippen molar-refractivity contribution in [1.29, 1.82) is 0 Å². The molecule has 0 radical (unpaired) electrons. The predicted molar refractivity (Wildman–Crippen MR) is 143 cm³/mol. The summed E-state index contributed by atoms with van der Waals surface area (Å²) in [7, 11) is 0. The van der Waals surface area contributed by atoms with Crippen molar-refractivity contribution in [2.24, 2.45) is 0 Å². The van der Waals surface area contributed by atoms with Crippen molar-refractivity contribution in [1.82, 2.24) is 10.2 Å². The van der Waals surface area contributed by atoms with E-state index < -0.39 is 5.97 Å². The maximum Gasteiger partial charge on any atom is 0.323 e. The molecule has 5 heteroatoms. The minimum atomic E-state index is -1.03. The summed E-state index contributed by atoms with van der Waals surface area (Å²) in [4.78, 5) is 25.9. The van der Waals surface area contributed by atoms with Crippen molar-refractivity contribution in [2.45, 2.75) is 41.0 Å². The first-order chi connectivity index (χ1) is 16.5. The zero-order valence-corrected chi connectivity index (χ0v) is 21.1. The van der Waals surface area contributed by atoms with Crippen molar-refractivity contribution in [3.63, 3.8) is 0 Å². The molecule has 3 rings (SSSR count). The van der Waals surface area contributed by atoms with E-state index in [1.807, 2.05) is 95.4 Å². The topological polar surface area (TPSA) is 69.6 Å². The molecule has 2 aromatic rings. The Balaban J connectivity index is 0.00000137. The number of carbonyl (C=O) groups is 2. The number of carboxylic acids is 1. The first-order valence-electron chi connectivity index (χ1n) is 11.9. The van der Waals surface area contributed by atoms with Gasteiger partial charge >= 0.3 is 5.97 Å². The van der Waals surface area contributed by atoms with Gasteiger partial charge in [0.15, 0.2) is 0 Å². The average molecular weight is 463 g/mol. The van der Waals surface area contributed by atoms with Crippen LogP contribution in [0.3, 0.4) is 0 Å². The third kappa shape index (κ3) is 8.07. The fourth-order valence-electron chi connectivity index (χ4n) is 3.50. The van der Waals surface area contributed by atoms with E-state index in [-0.39, 0.29) is 12.5 Å². The Morgan fingerprint density at radius 3 is 2.41 bits per heavy atom. The first-order valence-corrected chi connectivity index (χ1v) is 11.9. The van der Waals surface area contributed by atoms with Crippen LogP contribution in [-0.2, 0) is 4.79 Å². The molecule has 0 saturated carbocycles. The summed E-state index contributed by atoms with van der Waals surface area (Å²) in [5, 5.41) is 14.5. The summed E-state index contributed by atoms with van der Waals surface area (Å²) < 4.78 is 0. The second-order valence-electron chi connectivity index (χ2n) is 7.19. The van der Waals surface area contributed by atoms with Gasteiger partial charge in [0, 0.05) is 24.9 Å². The normalized spacial score (nSPS) is 13.9. The van der Waals surface area contributed by atoms with Gasteiger partial charge in [0.2, 0.25) is 0 Å². The van der Waals surface area contributed by atoms with E-state index in [0.29, 0.717) is 25.1 Å². The number of nitrogens with zero attached hydrogens (tertiary/aromatic N) is 1. The Bertz CT molecular complexity index is 1060. The van der Waals surface area contributed by atoms with Crippen molar-refractivity contribution in [2.75, 3.05) is 19.6 Å². The highest BCUT2D eigenvalue weighted by Crippen LogP contribution is 2.25. The zero-order valence-electron chi connectivity index (χ0n) is 21.1. The van der Waals surface area contributed by atoms with Gasteiger partial charge in [0.05, 0.1) is 0 Å². The number of carbonyl (C=O) groups excluding carboxylic acids is 1. The van der Waals surface area contributed by atoms with Crippen LogP contribution in [0.1, 0.15) is 51.4 Å². The number of rotatable bonds is 7. The second kappa shape index (κ2) is 15.3. The SMILES string of the molecule is C=C1CNC=C(CCN(CC(=O)O)C(=O)c2ccc3ccccc3c2)/C1=C/C=C\C.CC.CC. The van der Waals surface area contributed by atoms with Crippen molar-refractivity contribution >= 4 is 22.6 Å². The number of amides is 1. The maximum atomic E-state index is 13.1. The van der Waals surface area contributed by atoms with Crippen LogP contribution in [0.25, 0.3) is 10.8 Å². The third-order valence-corrected chi connectivity index (χ3v) is 5.03. The molecule has 0 aliphatic carbocycles.